The summed E-state index contributed by atoms with van der Waals surface area (Å²) < 4.78 is 5.55. The summed E-state index contributed by atoms with van der Waals surface area (Å²) in [7, 11) is 1.73. The molecule has 1 aromatic rings. The number of amides is 1. The van der Waals surface area contributed by atoms with Gasteiger partial charge in [-0.15, -0.1) is 0 Å². The fourth-order valence-corrected chi connectivity index (χ4v) is 2.00. The first-order chi connectivity index (χ1) is 9.99. The summed E-state index contributed by atoms with van der Waals surface area (Å²) in [5, 5.41) is 0.287. The van der Waals surface area contributed by atoms with E-state index >= 15 is 0 Å². The third-order valence-electron chi connectivity index (χ3n) is 3.45. The number of halogens is 1. The molecule has 0 radical (unpaired) electrons. The fourth-order valence-electron chi connectivity index (χ4n) is 1.83. The second-order valence-electron chi connectivity index (χ2n) is 5.82. The van der Waals surface area contributed by atoms with Gasteiger partial charge in [-0.05, 0) is 18.8 Å². The molecule has 0 aliphatic heterocycles. The first-order valence-corrected chi connectivity index (χ1v) is 7.72. The molecule has 1 aliphatic carbocycles. The number of likely N-dealkylation sites (N-methyl/N-ethyl adjacent to an activating group) is 1. The summed E-state index contributed by atoms with van der Waals surface area (Å²) in [6.07, 6.45) is 4.03. The van der Waals surface area contributed by atoms with Gasteiger partial charge in [-0.25, -0.2) is 9.97 Å². The van der Waals surface area contributed by atoms with E-state index in [0.717, 1.165) is 12.5 Å². The number of ether oxygens (including phenoxy) is 1. The Morgan fingerprint density at radius 2 is 2.24 bits per heavy atom. The molecular formula is C15H22ClN3O2. The van der Waals surface area contributed by atoms with Gasteiger partial charge >= 0.3 is 0 Å². The van der Waals surface area contributed by atoms with E-state index in [-0.39, 0.29) is 22.5 Å². The average Bonchev–Trinajstić information content (AvgIpc) is 3.27. The largest absolute Gasteiger partial charge is 0.379 e. The molecule has 0 N–H and O–H groups in total. The first-order valence-electron chi connectivity index (χ1n) is 7.34. The zero-order valence-corrected chi connectivity index (χ0v) is 13.6. The van der Waals surface area contributed by atoms with E-state index in [9.17, 15) is 4.79 Å². The Labute approximate surface area is 130 Å². The zero-order chi connectivity index (χ0) is 15.4. The molecule has 116 valence electrons. The summed E-state index contributed by atoms with van der Waals surface area (Å²) in [5.74, 6) is 1.32. The molecule has 0 saturated heterocycles. The van der Waals surface area contributed by atoms with Crippen LogP contribution in [0.5, 0.6) is 0 Å². The SMILES string of the molecule is CC(C)c1ncc(Cl)c(C(=O)N(C)CCOCC2CC2)n1. The Balaban J connectivity index is 1.92. The van der Waals surface area contributed by atoms with Gasteiger partial charge in [-0.3, -0.25) is 4.79 Å². The highest BCUT2D eigenvalue weighted by molar-refractivity contribution is 6.33. The van der Waals surface area contributed by atoms with Crippen LogP contribution in [-0.2, 0) is 4.74 Å². The maximum atomic E-state index is 12.4. The molecular weight excluding hydrogens is 290 g/mol. The Bertz CT molecular complexity index is 504. The lowest BCUT2D eigenvalue weighted by atomic mass is 10.2. The van der Waals surface area contributed by atoms with Crippen molar-refractivity contribution in [3.63, 3.8) is 0 Å². The van der Waals surface area contributed by atoms with Crippen molar-refractivity contribution in [3.8, 4) is 0 Å². The molecule has 6 heteroatoms. The van der Waals surface area contributed by atoms with Crippen molar-refractivity contribution in [2.75, 3.05) is 26.8 Å². The number of carbonyl (C=O) groups is 1. The van der Waals surface area contributed by atoms with Gasteiger partial charge in [0.15, 0.2) is 5.69 Å². The van der Waals surface area contributed by atoms with Gasteiger partial charge in [-0.1, -0.05) is 25.4 Å². The molecule has 1 amide bonds. The predicted molar refractivity (Wildman–Crippen MR) is 81.6 cm³/mol. The van der Waals surface area contributed by atoms with E-state index in [1.807, 2.05) is 13.8 Å². The Kier molecular flexibility index (Phi) is 5.53. The summed E-state index contributed by atoms with van der Waals surface area (Å²) >= 11 is 6.05. The normalized spacial score (nSPS) is 14.5. The molecule has 0 bridgehead atoms. The Morgan fingerprint density at radius 1 is 1.52 bits per heavy atom. The van der Waals surface area contributed by atoms with Crippen LogP contribution in [0.4, 0.5) is 0 Å². The van der Waals surface area contributed by atoms with E-state index in [2.05, 4.69) is 9.97 Å². The second-order valence-corrected chi connectivity index (χ2v) is 6.23. The van der Waals surface area contributed by atoms with E-state index in [1.165, 1.54) is 19.0 Å². The van der Waals surface area contributed by atoms with Crippen molar-refractivity contribution in [3.05, 3.63) is 22.7 Å². The van der Waals surface area contributed by atoms with Crippen LogP contribution in [0.2, 0.25) is 5.02 Å². The summed E-state index contributed by atoms with van der Waals surface area (Å²) in [4.78, 5) is 22.4. The highest BCUT2D eigenvalue weighted by Crippen LogP contribution is 2.28. The third kappa shape index (κ3) is 4.64. The minimum absolute atomic E-state index is 0.154. The van der Waals surface area contributed by atoms with Gasteiger partial charge in [0.05, 0.1) is 17.8 Å². The lowest BCUT2D eigenvalue weighted by Gasteiger charge is -2.18. The highest BCUT2D eigenvalue weighted by Gasteiger charge is 2.22. The number of carbonyl (C=O) groups excluding carboxylic acids is 1. The molecule has 1 heterocycles. The van der Waals surface area contributed by atoms with Crippen molar-refractivity contribution in [1.82, 2.24) is 14.9 Å². The maximum Gasteiger partial charge on any atom is 0.273 e. The summed E-state index contributed by atoms with van der Waals surface area (Å²) in [6, 6.07) is 0. The first kappa shape index (κ1) is 16.2. The molecule has 1 aliphatic rings. The molecule has 21 heavy (non-hydrogen) atoms. The van der Waals surface area contributed by atoms with E-state index in [4.69, 9.17) is 16.3 Å². The van der Waals surface area contributed by atoms with Crippen molar-refractivity contribution in [2.45, 2.75) is 32.6 Å². The van der Waals surface area contributed by atoms with Gasteiger partial charge in [0.25, 0.3) is 5.91 Å². The van der Waals surface area contributed by atoms with Crippen molar-refractivity contribution >= 4 is 17.5 Å². The molecule has 5 nitrogen and oxygen atoms in total. The van der Waals surface area contributed by atoms with E-state index in [1.54, 1.807) is 11.9 Å². The number of rotatable bonds is 7. The summed E-state index contributed by atoms with van der Waals surface area (Å²) in [5.41, 5.74) is 0.264. The average molecular weight is 312 g/mol. The van der Waals surface area contributed by atoms with E-state index < -0.39 is 0 Å². The van der Waals surface area contributed by atoms with Crippen LogP contribution in [0.1, 0.15) is 48.9 Å². The predicted octanol–water partition coefficient (Wildman–Crippen LogP) is 2.75. The number of aromatic nitrogens is 2. The smallest absolute Gasteiger partial charge is 0.273 e. The van der Waals surface area contributed by atoms with E-state index in [0.29, 0.717) is 19.0 Å². The molecule has 0 aromatic carbocycles. The van der Waals surface area contributed by atoms with Gasteiger partial charge in [0, 0.05) is 26.1 Å². The molecule has 1 saturated carbocycles. The van der Waals surface area contributed by atoms with Crippen molar-refractivity contribution in [1.29, 1.82) is 0 Å². The van der Waals surface area contributed by atoms with Crippen LogP contribution in [-0.4, -0.2) is 47.6 Å². The quantitative estimate of drug-likeness (QED) is 0.727. The maximum absolute atomic E-state index is 12.4. The van der Waals surface area contributed by atoms with Gasteiger partial charge in [0.2, 0.25) is 0 Å². The molecule has 0 unspecified atom stereocenters. The Hall–Kier alpha value is -1.20. The van der Waals surface area contributed by atoms with Crippen LogP contribution in [0.25, 0.3) is 0 Å². The molecule has 1 aromatic heterocycles. The molecule has 0 atom stereocenters. The molecule has 1 fully saturated rings. The van der Waals surface area contributed by atoms with Gasteiger partial charge in [-0.2, -0.15) is 0 Å². The minimum atomic E-state index is -0.195. The third-order valence-corrected chi connectivity index (χ3v) is 3.73. The lowest BCUT2D eigenvalue weighted by Crippen LogP contribution is -2.31. The van der Waals surface area contributed by atoms with Crippen LogP contribution in [0.15, 0.2) is 6.20 Å². The van der Waals surface area contributed by atoms with Gasteiger partial charge in [0.1, 0.15) is 5.82 Å². The number of hydrogen-bond acceptors (Lipinski definition) is 4. The molecule has 2 rings (SSSR count). The number of nitrogens with zero attached hydrogens (tertiary/aromatic N) is 3. The number of hydrogen-bond donors (Lipinski definition) is 0. The topological polar surface area (TPSA) is 55.3 Å². The van der Waals surface area contributed by atoms with Crippen LogP contribution >= 0.6 is 11.6 Å². The standard InChI is InChI=1S/C15H22ClN3O2/c1-10(2)14-17-8-12(16)13(18-14)15(20)19(3)6-7-21-9-11-4-5-11/h8,10-11H,4-7,9H2,1-3H3. The minimum Gasteiger partial charge on any atom is -0.379 e. The molecule has 0 spiro atoms. The Morgan fingerprint density at radius 3 is 2.86 bits per heavy atom. The second kappa shape index (κ2) is 7.18. The monoisotopic (exact) mass is 311 g/mol. The van der Waals surface area contributed by atoms with Crippen molar-refractivity contribution in [2.24, 2.45) is 5.92 Å². The fraction of sp³-hybridized carbons (Fsp3) is 0.667. The van der Waals surface area contributed by atoms with Crippen LogP contribution < -0.4 is 0 Å². The van der Waals surface area contributed by atoms with Gasteiger partial charge < -0.3 is 9.64 Å². The van der Waals surface area contributed by atoms with Crippen LogP contribution in [0.3, 0.4) is 0 Å². The lowest BCUT2D eigenvalue weighted by molar-refractivity contribution is 0.0676. The van der Waals surface area contributed by atoms with Crippen molar-refractivity contribution < 1.29 is 9.53 Å². The highest BCUT2D eigenvalue weighted by atomic mass is 35.5. The zero-order valence-electron chi connectivity index (χ0n) is 12.8. The summed E-state index contributed by atoms with van der Waals surface area (Å²) in [6.45, 7) is 5.83. The van der Waals surface area contributed by atoms with Crippen LogP contribution in [0, 0.1) is 5.92 Å².